The van der Waals surface area contributed by atoms with Gasteiger partial charge in [0.15, 0.2) is 0 Å². The number of para-hydroxylation sites is 2. The molecule has 0 amide bonds. The summed E-state index contributed by atoms with van der Waals surface area (Å²) < 4.78 is 7.28. The molecule has 4 heteroatoms. The van der Waals surface area contributed by atoms with Crippen LogP contribution in [0, 0.1) is 0 Å². The summed E-state index contributed by atoms with van der Waals surface area (Å²) in [5, 5.41) is 10.7. The standard InChI is InChI=1S/C48H30N2S2/c1-49-39-11-5-3-8-31(39)36-22-27(16-20-41(36)49)29-14-18-33-38-26-46-47(35-10-7-13-43(48(35)38)51-44(33)24-29)34-19-15-30(25-45(34)52-46)28-17-21-42-37(23-28)32-9-4-6-12-40(32)50(42)2/h3-26H,1-2H3. The molecule has 0 N–H and O–H groups in total. The van der Waals surface area contributed by atoms with Crippen LogP contribution in [0.15, 0.2) is 155 Å². The summed E-state index contributed by atoms with van der Waals surface area (Å²) in [6.07, 6.45) is 0. The maximum absolute atomic E-state index is 2.47. The van der Waals surface area contributed by atoms with Crippen LogP contribution in [0.2, 0.25) is 0 Å². The molecule has 0 bridgehead atoms. The van der Waals surface area contributed by atoms with E-state index in [0.717, 1.165) is 0 Å². The van der Waals surface area contributed by atoms with Crippen LogP contribution in [0.5, 0.6) is 0 Å². The fraction of sp³-hybridized carbons (Fsp3) is 0.0417. The Kier molecular flexibility index (Phi) is 5.76. The highest BCUT2D eigenvalue weighted by molar-refractivity contribution is 7.99. The molecule has 244 valence electrons. The summed E-state index contributed by atoms with van der Waals surface area (Å²) in [7, 11) is 4.33. The first-order chi connectivity index (χ1) is 25.6. The van der Waals surface area contributed by atoms with Gasteiger partial charge in [0.2, 0.25) is 0 Å². The lowest BCUT2D eigenvalue weighted by atomic mass is 9.92. The molecule has 11 aromatic rings. The van der Waals surface area contributed by atoms with Gasteiger partial charge in [-0.3, -0.25) is 0 Å². The lowest BCUT2D eigenvalue weighted by Crippen LogP contribution is -1.94. The van der Waals surface area contributed by atoms with Crippen LogP contribution in [0.1, 0.15) is 0 Å². The lowest BCUT2D eigenvalue weighted by Gasteiger charge is -2.21. The molecule has 0 atom stereocenters. The fourth-order valence-corrected chi connectivity index (χ4v) is 11.4. The van der Waals surface area contributed by atoms with E-state index in [2.05, 4.69) is 169 Å². The average molecular weight is 699 g/mol. The van der Waals surface area contributed by atoms with Gasteiger partial charge in [-0.25, -0.2) is 0 Å². The minimum absolute atomic E-state index is 1.26. The van der Waals surface area contributed by atoms with Crippen molar-refractivity contribution in [3.8, 4) is 33.4 Å². The maximum atomic E-state index is 2.47. The van der Waals surface area contributed by atoms with E-state index in [1.165, 1.54) is 118 Å². The van der Waals surface area contributed by atoms with Gasteiger partial charge >= 0.3 is 0 Å². The van der Waals surface area contributed by atoms with Gasteiger partial charge in [0, 0.05) is 93.1 Å². The van der Waals surface area contributed by atoms with E-state index in [4.69, 9.17) is 0 Å². The number of benzene rings is 8. The summed E-state index contributed by atoms with van der Waals surface area (Å²) in [6.45, 7) is 0. The Labute approximate surface area is 308 Å². The van der Waals surface area contributed by atoms with Gasteiger partial charge in [0.25, 0.3) is 0 Å². The van der Waals surface area contributed by atoms with Crippen molar-refractivity contribution in [2.24, 2.45) is 14.1 Å². The minimum atomic E-state index is 1.26. The largest absolute Gasteiger partial charge is 0.344 e. The normalized spacial score (nSPS) is 12.7. The van der Waals surface area contributed by atoms with Gasteiger partial charge in [-0.05, 0) is 99.4 Å². The Morgan fingerprint density at radius 1 is 0.365 bits per heavy atom. The van der Waals surface area contributed by atoms with E-state index >= 15 is 0 Å². The molecule has 4 heterocycles. The summed E-state index contributed by atoms with van der Waals surface area (Å²) >= 11 is 3.83. The second kappa shape index (κ2) is 10.4. The maximum Gasteiger partial charge on any atom is 0.0489 e. The van der Waals surface area contributed by atoms with E-state index in [1.807, 2.05) is 23.1 Å². The summed E-state index contributed by atoms with van der Waals surface area (Å²) in [4.78, 5) is 2.66. The number of hydrogen-bond donors (Lipinski definition) is 0. The minimum Gasteiger partial charge on any atom is -0.344 e. The van der Waals surface area contributed by atoms with Gasteiger partial charge in [-0.15, -0.1) is 11.3 Å². The number of hydrogen-bond acceptors (Lipinski definition) is 2. The molecular formula is C48H30N2S2. The van der Waals surface area contributed by atoms with Crippen LogP contribution in [0.3, 0.4) is 0 Å². The van der Waals surface area contributed by atoms with Crippen molar-refractivity contribution in [1.82, 2.24) is 9.13 Å². The van der Waals surface area contributed by atoms with Gasteiger partial charge in [0.1, 0.15) is 0 Å². The molecule has 0 aliphatic carbocycles. The van der Waals surface area contributed by atoms with Crippen molar-refractivity contribution in [1.29, 1.82) is 0 Å². The van der Waals surface area contributed by atoms with Crippen LogP contribution < -0.4 is 0 Å². The predicted molar refractivity (Wildman–Crippen MR) is 225 cm³/mol. The SMILES string of the molecule is Cn1c2ccccc2c2cc(-c3ccc4c(c3)Sc3cccc5c3c-4cc3sc4cc(-c6ccc7c(c6)c6ccccc6n7C)ccc4c35)ccc21. The molecule has 1 aliphatic heterocycles. The third-order valence-corrected chi connectivity index (χ3v) is 13.8. The zero-order valence-corrected chi connectivity index (χ0v) is 30.2. The Morgan fingerprint density at radius 3 is 1.65 bits per heavy atom. The molecule has 0 saturated heterocycles. The Hall–Kier alpha value is -5.81. The first kappa shape index (κ1) is 28.8. The molecule has 0 spiro atoms. The van der Waals surface area contributed by atoms with Crippen molar-refractivity contribution in [2.45, 2.75) is 9.79 Å². The van der Waals surface area contributed by atoms with E-state index in [0.29, 0.717) is 0 Å². The third-order valence-electron chi connectivity index (χ3n) is 11.5. The first-order valence-corrected chi connectivity index (χ1v) is 19.4. The number of fused-ring (bicyclic) bond motifs is 12. The molecule has 0 radical (unpaired) electrons. The number of thiophene rings is 1. The zero-order chi connectivity index (χ0) is 34.2. The van der Waals surface area contributed by atoms with Gasteiger partial charge in [0.05, 0.1) is 0 Å². The summed E-state index contributed by atoms with van der Waals surface area (Å²) in [5.41, 5.74) is 12.8. The Morgan fingerprint density at radius 2 is 0.942 bits per heavy atom. The molecule has 2 nitrogen and oxygen atoms in total. The zero-order valence-electron chi connectivity index (χ0n) is 28.6. The van der Waals surface area contributed by atoms with Gasteiger partial charge in [-0.2, -0.15) is 0 Å². The Bertz CT molecular complexity index is 3350. The highest BCUT2D eigenvalue weighted by Gasteiger charge is 2.23. The molecule has 8 aromatic carbocycles. The molecule has 0 saturated carbocycles. The molecule has 12 rings (SSSR count). The van der Waals surface area contributed by atoms with Crippen LogP contribution in [-0.2, 0) is 14.1 Å². The average Bonchev–Trinajstić information content (AvgIpc) is 3.81. The summed E-state index contributed by atoms with van der Waals surface area (Å²) in [6, 6.07) is 54.8. The number of aryl methyl sites for hydroxylation is 2. The van der Waals surface area contributed by atoms with E-state index < -0.39 is 0 Å². The van der Waals surface area contributed by atoms with Crippen LogP contribution >= 0.6 is 23.1 Å². The topological polar surface area (TPSA) is 9.86 Å². The van der Waals surface area contributed by atoms with Crippen LogP contribution in [0.4, 0.5) is 0 Å². The highest BCUT2D eigenvalue weighted by Crippen LogP contribution is 2.53. The van der Waals surface area contributed by atoms with E-state index in [1.54, 1.807) is 0 Å². The van der Waals surface area contributed by atoms with E-state index in [-0.39, 0.29) is 0 Å². The van der Waals surface area contributed by atoms with Crippen molar-refractivity contribution in [3.63, 3.8) is 0 Å². The second-order valence-electron chi connectivity index (χ2n) is 14.2. The number of aromatic nitrogens is 2. The quantitative estimate of drug-likeness (QED) is 0.175. The fourth-order valence-electron chi connectivity index (χ4n) is 9.01. The molecular weight excluding hydrogens is 669 g/mol. The van der Waals surface area contributed by atoms with Gasteiger partial charge < -0.3 is 9.13 Å². The molecule has 0 fully saturated rings. The second-order valence-corrected chi connectivity index (χ2v) is 16.4. The smallest absolute Gasteiger partial charge is 0.0489 e. The van der Waals surface area contributed by atoms with Crippen LogP contribution in [-0.4, -0.2) is 9.13 Å². The number of nitrogens with zero attached hydrogens (tertiary/aromatic N) is 2. The molecule has 1 aliphatic rings. The molecule has 52 heavy (non-hydrogen) atoms. The predicted octanol–water partition coefficient (Wildman–Crippen LogP) is 14.0. The monoisotopic (exact) mass is 698 g/mol. The third kappa shape index (κ3) is 3.86. The molecule has 0 unspecified atom stereocenters. The van der Waals surface area contributed by atoms with Crippen molar-refractivity contribution < 1.29 is 0 Å². The van der Waals surface area contributed by atoms with E-state index in [9.17, 15) is 0 Å². The van der Waals surface area contributed by atoms with Crippen molar-refractivity contribution >= 4 is 97.7 Å². The lowest BCUT2D eigenvalue weighted by molar-refractivity contribution is 1.01. The van der Waals surface area contributed by atoms with Gasteiger partial charge in [-0.1, -0.05) is 96.7 Å². The van der Waals surface area contributed by atoms with Crippen molar-refractivity contribution in [3.05, 3.63) is 146 Å². The van der Waals surface area contributed by atoms with Crippen LogP contribution in [0.25, 0.3) is 108 Å². The molecule has 3 aromatic heterocycles. The first-order valence-electron chi connectivity index (χ1n) is 17.8. The summed E-state index contributed by atoms with van der Waals surface area (Å²) in [5.74, 6) is 0. The number of rotatable bonds is 2. The Balaban J connectivity index is 0.997. The van der Waals surface area contributed by atoms with Crippen molar-refractivity contribution in [2.75, 3.05) is 0 Å². The highest BCUT2D eigenvalue weighted by atomic mass is 32.2.